The van der Waals surface area contributed by atoms with E-state index in [1.54, 1.807) is 18.2 Å². The van der Waals surface area contributed by atoms with E-state index in [1.807, 2.05) is 6.92 Å². The highest BCUT2D eigenvalue weighted by Gasteiger charge is 1.96. The van der Waals surface area contributed by atoms with Crippen molar-refractivity contribution in [3.63, 3.8) is 0 Å². The molecule has 0 radical (unpaired) electrons. The lowest BCUT2D eigenvalue weighted by atomic mass is 10.4. The number of hydrogen-bond donors (Lipinski definition) is 1. The average molecular weight is 191 g/mol. The molecule has 1 amide bonds. The van der Waals surface area contributed by atoms with Crippen LogP contribution in [-0.4, -0.2) is 12.1 Å². The zero-order valence-electron chi connectivity index (χ0n) is 7.65. The molecule has 0 aromatic carbocycles. The Bertz CT molecular complexity index is 387. The lowest BCUT2D eigenvalue weighted by Gasteiger charge is -1.91. The summed E-state index contributed by atoms with van der Waals surface area (Å²) in [5.74, 6) is 0.890. The van der Waals surface area contributed by atoms with Crippen molar-refractivity contribution in [1.82, 2.24) is 5.43 Å². The molecule has 0 bridgehead atoms. The van der Waals surface area contributed by atoms with Crippen LogP contribution in [0, 0.1) is 18.3 Å². The smallest absolute Gasteiger partial charge is 0.254 e. The number of carbonyl (C=O) groups excluding carboxylic acids is 1. The Kier molecular flexibility index (Phi) is 3.44. The first-order valence-corrected chi connectivity index (χ1v) is 3.97. The third-order valence-electron chi connectivity index (χ3n) is 1.38. The van der Waals surface area contributed by atoms with Crippen LogP contribution in [0.4, 0.5) is 0 Å². The third kappa shape index (κ3) is 3.11. The number of nitrogens with zero attached hydrogens (tertiary/aromatic N) is 2. The Morgan fingerprint density at radius 1 is 1.79 bits per heavy atom. The van der Waals surface area contributed by atoms with Crippen LogP contribution in [-0.2, 0) is 4.79 Å². The van der Waals surface area contributed by atoms with E-state index in [2.05, 4.69) is 10.5 Å². The molecule has 14 heavy (non-hydrogen) atoms. The van der Waals surface area contributed by atoms with Crippen molar-refractivity contribution in [2.24, 2.45) is 5.10 Å². The molecule has 1 aromatic rings. The molecule has 0 aliphatic carbocycles. The van der Waals surface area contributed by atoms with E-state index < -0.39 is 5.91 Å². The van der Waals surface area contributed by atoms with Gasteiger partial charge in [0, 0.05) is 0 Å². The summed E-state index contributed by atoms with van der Waals surface area (Å²) in [4.78, 5) is 10.8. The number of nitrogens with one attached hydrogen (secondary N) is 1. The third-order valence-corrected chi connectivity index (χ3v) is 1.38. The minimum atomic E-state index is -0.438. The summed E-state index contributed by atoms with van der Waals surface area (Å²) in [5.41, 5.74) is 2.19. The standard InChI is InChI=1S/C9H9N3O2/c1-7-2-3-8(14-7)6-11-12-9(13)4-5-10/h2-3,6H,4H2,1H3,(H,12,13). The van der Waals surface area contributed by atoms with Crippen LogP contribution in [0.5, 0.6) is 0 Å². The van der Waals surface area contributed by atoms with Gasteiger partial charge in [-0.15, -0.1) is 0 Å². The Morgan fingerprint density at radius 2 is 2.57 bits per heavy atom. The van der Waals surface area contributed by atoms with Gasteiger partial charge in [-0.2, -0.15) is 10.4 Å². The second kappa shape index (κ2) is 4.82. The quantitative estimate of drug-likeness (QED) is 0.570. The van der Waals surface area contributed by atoms with Crippen LogP contribution < -0.4 is 5.43 Å². The number of furan rings is 1. The first-order valence-electron chi connectivity index (χ1n) is 3.97. The van der Waals surface area contributed by atoms with Gasteiger partial charge in [0.15, 0.2) is 0 Å². The summed E-state index contributed by atoms with van der Waals surface area (Å²) in [6, 6.07) is 5.23. The van der Waals surface area contributed by atoms with Crippen LogP contribution in [0.15, 0.2) is 21.7 Å². The van der Waals surface area contributed by atoms with E-state index in [-0.39, 0.29) is 6.42 Å². The Labute approximate surface area is 81.0 Å². The fourth-order valence-corrected chi connectivity index (χ4v) is 0.802. The normalized spacial score (nSPS) is 10.0. The molecule has 0 aliphatic heterocycles. The van der Waals surface area contributed by atoms with E-state index in [4.69, 9.17) is 9.68 Å². The number of rotatable bonds is 3. The minimum Gasteiger partial charge on any atom is -0.460 e. The highest BCUT2D eigenvalue weighted by molar-refractivity contribution is 5.81. The topological polar surface area (TPSA) is 78.4 Å². The van der Waals surface area contributed by atoms with Gasteiger partial charge in [0.2, 0.25) is 0 Å². The maximum Gasteiger partial charge on any atom is 0.254 e. The van der Waals surface area contributed by atoms with Gasteiger partial charge >= 0.3 is 0 Å². The van der Waals surface area contributed by atoms with Crippen molar-refractivity contribution in [1.29, 1.82) is 5.26 Å². The number of amides is 1. The lowest BCUT2D eigenvalue weighted by Crippen LogP contribution is -2.15. The van der Waals surface area contributed by atoms with Crippen LogP contribution in [0.25, 0.3) is 0 Å². The monoisotopic (exact) mass is 191 g/mol. The highest BCUT2D eigenvalue weighted by Crippen LogP contribution is 2.02. The second-order valence-corrected chi connectivity index (χ2v) is 2.58. The molecular formula is C9H9N3O2. The van der Waals surface area contributed by atoms with Crippen molar-refractivity contribution in [3.05, 3.63) is 23.7 Å². The van der Waals surface area contributed by atoms with Crippen molar-refractivity contribution < 1.29 is 9.21 Å². The van der Waals surface area contributed by atoms with E-state index in [0.717, 1.165) is 5.76 Å². The molecule has 72 valence electrons. The van der Waals surface area contributed by atoms with Crippen molar-refractivity contribution in [2.75, 3.05) is 0 Å². The molecule has 1 rings (SSSR count). The molecule has 0 atom stereocenters. The summed E-state index contributed by atoms with van der Waals surface area (Å²) in [6.07, 6.45) is 1.18. The first-order chi connectivity index (χ1) is 6.72. The summed E-state index contributed by atoms with van der Waals surface area (Å²) < 4.78 is 5.16. The van der Waals surface area contributed by atoms with Gasteiger partial charge in [0.05, 0.1) is 12.3 Å². The molecule has 0 unspecified atom stereocenters. The molecule has 5 nitrogen and oxygen atoms in total. The number of nitriles is 1. The molecular weight excluding hydrogens is 182 g/mol. The molecule has 0 aliphatic rings. The van der Waals surface area contributed by atoms with Crippen molar-refractivity contribution in [3.8, 4) is 6.07 Å². The van der Waals surface area contributed by atoms with Gasteiger partial charge in [-0.1, -0.05) is 0 Å². The first kappa shape index (κ1) is 9.99. The van der Waals surface area contributed by atoms with Gasteiger partial charge in [-0.05, 0) is 19.1 Å². The summed E-state index contributed by atoms with van der Waals surface area (Å²) in [5, 5.41) is 11.8. The Morgan fingerprint density at radius 3 is 3.14 bits per heavy atom. The highest BCUT2D eigenvalue weighted by atomic mass is 16.3. The van der Waals surface area contributed by atoms with Gasteiger partial charge in [-0.25, -0.2) is 5.43 Å². The summed E-state index contributed by atoms with van der Waals surface area (Å²) in [6.45, 7) is 1.81. The largest absolute Gasteiger partial charge is 0.460 e. The lowest BCUT2D eigenvalue weighted by molar-refractivity contribution is -0.120. The van der Waals surface area contributed by atoms with Gasteiger partial charge in [-0.3, -0.25) is 4.79 Å². The fourth-order valence-electron chi connectivity index (χ4n) is 0.802. The molecule has 1 aromatic heterocycles. The number of hydrazone groups is 1. The fraction of sp³-hybridized carbons (Fsp3) is 0.222. The minimum absolute atomic E-state index is 0.200. The predicted octanol–water partition coefficient (Wildman–Crippen LogP) is 0.952. The average Bonchev–Trinajstić information content (AvgIpc) is 2.52. The van der Waals surface area contributed by atoms with E-state index in [1.165, 1.54) is 6.21 Å². The molecule has 0 saturated heterocycles. The molecule has 0 saturated carbocycles. The molecule has 1 N–H and O–H groups in total. The molecule has 1 heterocycles. The maximum atomic E-state index is 10.8. The predicted molar refractivity (Wildman–Crippen MR) is 49.4 cm³/mol. The van der Waals surface area contributed by atoms with Crippen LogP contribution >= 0.6 is 0 Å². The Hall–Kier alpha value is -2.09. The number of carbonyl (C=O) groups is 1. The zero-order chi connectivity index (χ0) is 10.4. The van der Waals surface area contributed by atoms with Crippen LogP contribution in [0.1, 0.15) is 17.9 Å². The van der Waals surface area contributed by atoms with Gasteiger partial charge < -0.3 is 4.42 Å². The Balaban J connectivity index is 2.42. The summed E-state index contributed by atoms with van der Waals surface area (Å²) >= 11 is 0. The molecule has 0 fully saturated rings. The number of aryl methyl sites for hydroxylation is 1. The van der Waals surface area contributed by atoms with Crippen LogP contribution in [0.2, 0.25) is 0 Å². The van der Waals surface area contributed by atoms with E-state index >= 15 is 0 Å². The zero-order valence-corrected chi connectivity index (χ0v) is 7.65. The van der Waals surface area contributed by atoms with Gasteiger partial charge in [0.25, 0.3) is 5.91 Å². The van der Waals surface area contributed by atoms with E-state index in [9.17, 15) is 4.79 Å². The molecule has 0 spiro atoms. The molecule has 5 heteroatoms. The summed E-state index contributed by atoms with van der Waals surface area (Å²) in [7, 11) is 0. The maximum absolute atomic E-state index is 10.8. The van der Waals surface area contributed by atoms with Gasteiger partial charge in [0.1, 0.15) is 17.9 Å². The van der Waals surface area contributed by atoms with Crippen molar-refractivity contribution in [2.45, 2.75) is 13.3 Å². The SMILES string of the molecule is Cc1ccc(C=NNC(=O)CC#N)o1. The van der Waals surface area contributed by atoms with Crippen LogP contribution in [0.3, 0.4) is 0 Å². The number of hydrogen-bond acceptors (Lipinski definition) is 4. The van der Waals surface area contributed by atoms with Crippen molar-refractivity contribution >= 4 is 12.1 Å². The second-order valence-electron chi connectivity index (χ2n) is 2.58. The van der Waals surface area contributed by atoms with E-state index in [0.29, 0.717) is 5.76 Å².